The summed E-state index contributed by atoms with van der Waals surface area (Å²) in [6, 6.07) is 0.769. The van der Waals surface area contributed by atoms with Gasteiger partial charge in [-0.05, 0) is 39.9 Å². The molecule has 0 saturated heterocycles. The Morgan fingerprint density at radius 2 is 1.71 bits per heavy atom. The minimum absolute atomic E-state index is 0.769. The number of likely N-dealkylation sites (N-methyl/N-ethyl adjacent to an activating group) is 2. The van der Waals surface area contributed by atoms with Crippen molar-refractivity contribution in [3.05, 3.63) is 0 Å². The first-order valence-corrected chi connectivity index (χ1v) is 7.16. The van der Waals surface area contributed by atoms with Gasteiger partial charge in [0.05, 0.1) is 0 Å². The van der Waals surface area contributed by atoms with Crippen LogP contribution in [0.25, 0.3) is 0 Å². The maximum atomic E-state index is 3.73. The lowest BCUT2D eigenvalue weighted by Gasteiger charge is -2.30. The molecule has 1 N–H and O–H groups in total. The Balaban J connectivity index is 2.05. The van der Waals surface area contributed by atoms with E-state index in [4.69, 9.17) is 0 Å². The predicted octanol–water partition coefficient (Wildman–Crippen LogP) is 1.65. The van der Waals surface area contributed by atoms with Gasteiger partial charge in [-0.25, -0.2) is 0 Å². The molecule has 0 radical (unpaired) electrons. The summed E-state index contributed by atoms with van der Waals surface area (Å²) in [6.07, 6.45) is 5.64. The monoisotopic (exact) mass is 241 g/mol. The molecule has 1 aliphatic carbocycles. The van der Waals surface area contributed by atoms with Gasteiger partial charge in [0.1, 0.15) is 0 Å². The van der Waals surface area contributed by atoms with E-state index in [9.17, 15) is 0 Å². The van der Waals surface area contributed by atoms with Crippen LogP contribution in [0.2, 0.25) is 0 Å². The molecule has 2 atom stereocenters. The largest absolute Gasteiger partial charge is 0.312 e. The van der Waals surface area contributed by atoms with Gasteiger partial charge in [0.2, 0.25) is 0 Å². The van der Waals surface area contributed by atoms with Gasteiger partial charge in [-0.3, -0.25) is 0 Å². The fourth-order valence-corrected chi connectivity index (χ4v) is 2.54. The van der Waals surface area contributed by atoms with Gasteiger partial charge in [0, 0.05) is 32.2 Å². The molecule has 3 heteroatoms. The molecule has 0 aromatic rings. The first-order chi connectivity index (χ1) is 8.09. The van der Waals surface area contributed by atoms with E-state index in [-0.39, 0.29) is 0 Å². The van der Waals surface area contributed by atoms with Gasteiger partial charge in [-0.15, -0.1) is 0 Å². The molecule has 1 fully saturated rings. The van der Waals surface area contributed by atoms with Gasteiger partial charge < -0.3 is 15.1 Å². The fourth-order valence-electron chi connectivity index (χ4n) is 2.54. The molecule has 0 amide bonds. The normalized spacial score (nSPS) is 25.8. The van der Waals surface area contributed by atoms with Crippen molar-refractivity contribution in [1.82, 2.24) is 15.1 Å². The lowest BCUT2D eigenvalue weighted by molar-refractivity contribution is 0.249. The van der Waals surface area contributed by atoms with E-state index in [0.717, 1.165) is 38.1 Å². The fraction of sp³-hybridized carbons (Fsp3) is 1.00. The van der Waals surface area contributed by atoms with Gasteiger partial charge in [0.15, 0.2) is 0 Å². The molecule has 0 heterocycles. The summed E-state index contributed by atoms with van der Waals surface area (Å²) in [5, 5.41) is 3.73. The van der Waals surface area contributed by atoms with E-state index in [1.54, 1.807) is 0 Å². The first kappa shape index (κ1) is 14.9. The Morgan fingerprint density at radius 3 is 2.35 bits per heavy atom. The number of hydrogen-bond acceptors (Lipinski definition) is 3. The predicted molar refractivity (Wildman–Crippen MR) is 75.5 cm³/mol. The van der Waals surface area contributed by atoms with E-state index in [2.05, 4.69) is 43.2 Å². The second-order valence-corrected chi connectivity index (χ2v) is 5.93. The summed E-state index contributed by atoms with van der Waals surface area (Å²) < 4.78 is 0. The Morgan fingerprint density at radius 1 is 1.00 bits per heavy atom. The van der Waals surface area contributed by atoms with Crippen molar-refractivity contribution < 1.29 is 0 Å². The van der Waals surface area contributed by atoms with Crippen LogP contribution in [-0.4, -0.2) is 63.2 Å². The number of nitrogens with one attached hydrogen (secondary N) is 1. The summed E-state index contributed by atoms with van der Waals surface area (Å²) in [6.45, 7) is 7.01. The number of rotatable bonds is 7. The Bertz CT molecular complexity index is 194. The molecular formula is C14H31N3. The zero-order valence-corrected chi connectivity index (χ0v) is 12.2. The van der Waals surface area contributed by atoms with Crippen LogP contribution in [-0.2, 0) is 0 Å². The molecule has 0 bridgehead atoms. The topological polar surface area (TPSA) is 18.5 Å². The Hall–Kier alpha value is -0.120. The summed E-state index contributed by atoms with van der Waals surface area (Å²) in [5.74, 6) is 0.871. The van der Waals surface area contributed by atoms with E-state index in [0.29, 0.717) is 0 Å². The average molecular weight is 241 g/mol. The molecule has 1 rings (SSSR count). The smallest absolute Gasteiger partial charge is 0.0107 e. The van der Waals surface area contributed by atoms with Crippen molar-refractivity contribution in [2.45, 2.75) is 38.6 Å². The summed E-state index contributed by atoms with van der Waals surface area (Å²) in [5.41, 5.74) is 0. The van der Waals surface area contributed by atoms with Crippen LogP contribution in [0.15, 0.2) is 0 Å². The molecule has 102 valence electrons. The minimum Gasteiger partial charge on any atom is -0.312 e. The molecule has 2 unspecified atom stereocenters. The van der Waals surface area contributed by atoms with Gasteiger partial charge in [0.25, 0.3) is 0 Å². The number of nitrogens with zero attached hydrogens (tertiary/aromatic N) is 2. The highest BCUT2D eigenvalue weighted by molar-refractivity contribution is 4.78. The van der Waals surface area contributed by atoms with E-state index in [1.807, 2.05) is 0 Å². The van der Waals surface area contributed by atoms with Crippen LogP contribution in [0.3, 0.4) is 0 Å². The highest BCUT2D eigenvalue weighted by Crippen LogP contribution is 2.23. The van der Waals surface area contributed by atoms with Crippen molar-refractivity contribution in [2.75, 3.05) is 47.3 Å². The minimum atomic E-state index is 0.769. The lowest BCUT2D eigenvalue weighted by atomic mass is 9.86. The Labute approximate surface area is 108 Å². The highest BCUT2D eigenvalue weighted by atomic mass is 15.2. The van der Waals surface area contributed by atoms with Gasteiger partial charge in [-0.1, -0.05) is 19.8 Å². The molecule has 1 aliphatic rings. The van der Waals surface area contributed by atoms with Crippen molar-refractivity contribution in [3.63, 3.8) is 0 Å². The van der Waals surface area contributed by atoms with Crippen molar-refractivity contribution in [1.29, 1.82) is 0 Å². The molecule has 17 heavy (non-hydrogen) atoms. The van der Waals surface area contributed by atoms with E-state index < -0.39 is 0 Å². The third-order valence-corrected chi connectivity index (χ3v) is 3.94. The maximum Gasteiger partial charge on any atom is 0.0107 e. The van der Waals surface area contributed by atoms with E-state index >= 15 is 0 Å². The molecule has 0 aliphatic heterocycles. The summed E-state index contributed by atoms with van der Waals surface area (Å²) >= 11 is 0. The summed E-state index contributed by atoms with van der Waals surface area (Å²) in [4.78, 5) is 4.66. The lowest BCUT2D eigenvalue weighted by Crippen LogP contribution is -2.41. The second-order valence-electron chi connectivity index (χ2n) is 5.93. The van der Waals surface area contributed by atoms with Gasteiger partial charge in [-0.2, -0.15) is 0 Å². The first-order valence-electron chi connectivity index (χ1n) is 7.16. The average Bonchev–Trinajstić information content (AvgIpc) is 2.29. The zero-order valence-electron chi connectivity index (χ0n) is 12.2. The zero-order chi connectivity index (χ0) is 12.7. The quantitative estimate of drug-likeness (QED) is 0.731. The van der Waals surface area contributed by atoms with Crippen LogP contribution in [0, 0.1) is 5.92 Å². The van der Waals surface area contributed by atoms with Crippen molar-refractivity contribution in [3.8, 4) is 0 Å². The molecule has 0 aromatic carbocycles. The SMILES string of the molecule is CC1CCCCC1NCCN(C)CCN(C)C. The third kappa shape index (κ3) is 6.39. The molecule has 0 aromatic heterocycles. The van der Waals surface area contributed by atoms with Crippen LogP contribution in [0.1, 0.15) is 32.6 Å². The van der Waals surface area contributed by atoms with Crippen molar-refractivity contribution >= 4 is 0 Å². The van der Waals surface area contributed by atoms with E-state index in [1.165, 1.54) is 25.7 Å². The third-order valence-electron chi connectivity index (χ3n) is 3.94. The van der Waals surface area contributed by atoms with Crippen LogP contribution in [0.4, 0.5) is 0 Å². The molecular weight excluding hydrogens is 210 g/mol. The van der Waals surface area contributed by atoms with Crippen LogP contribution in [0.5, 0.6) is 0 Å². The maximum absolute atomic E-state index is 3.73. The molecule has 3 nitrogen and oxygen atoms in total. The van der Waals surface area contributed by atoms with Crippen molar-refractivity contribution in [2.24, 2.45) is 5.92 Å². The number of hydrogen-bond donors (Lipinski definition) is 1. The summed E-state index contributed by atoms with van der Waals surface area (Å²) in [7, 11) is 6.49. The van der Waals surface area contributed by atoms with Crippen LogP contribution >= 0.6 is 0 Å². The van der Waals surface area contributed by atoms with Gasteiger partial charge >= 0.3 is 0 Å². The standard InChI is InChI=1S/C14H31N3/c1-13-7-5-6-8-14(13)15-9-10-17(4)12-11-16(2)3/h13-15H,5-12H2,1-4H3. The highest BCUT2D eigenvalue weighted by Gasteiger charge is 2.20. The Kier molecular flexibility index (Phi) is 7.09. The molecule has 1 saturated carbocycles. The molecule has 0 spiro atoms. The van der Waals surface area contributed by atoms with Crippen LogP contribution < -0.4 is 5.32 Å². The second kappa shape index (κ2) is 8.06.